The van der Waals surface area contributed by atoms with Gasteiger partial charge in [-0.25, -0.2) is 0 Å². The molecule has 0 fully saturated rings. The van der Waals surface area contributed by atoms with Crippen LogP contribution >= 0.6 is 0 Å². The second-order valence-corrected chi connectivity index (χ2v) is 4.40. The van der Waals surface area contributed by atoms with E-state index >= 15 is 0 Å². The van der Waals surface area contributed by atoms with E-state index in [2.05, 4.69) is 13.8 Å². The summed E-state index contributed by atoms with van der Waals surface area (Å²) in [5.74, 6) is 0.829. The molecule has 0 heterocycles. The minimum absolute atomic E-state index is 0.0476. The standard InChI is InChI=1S/C13H19NO2/c1-9(2)8-13(14)11-4-6-12(7-5-11)16-10(3)15/h4-7,9,13H,8,14H2,1-3H3/t13-/m1/s1. The number of rotatable bonds is 4. The van der Waals surface area contributed by atoms with Crippen molar-refractivity contribution in [3.05, 3.63) is 29.8 Å². The first-order valence-electron chi connectivity index (χ1n) is 5.53. The maximum Gasteiger partial charge on any atom is 0.308 e. The number of nitrogens with two attached hydrogens (primary N) is 1. The SMILES string of the molecule is CC(=O)Oc1ccc([C@H](N)CC(C)C)cc1. The lowest BCUT2D eigenvalue weighted by Gasteiger charge is -2.14. The van der Waals surface area contributed by atoms with Gasteiger partial charge in [-0.3, -0.25) is 4.79 Å². The quantitative estimate of drug-likeness (QED) is 0.628. The summed E-state index contributed by atoms with van der Waals surface area (Å²) in [4.78, 5) is 10.7. The highest BCUT2D eigenvalue weighted by Gasteiger charge is 2.08. The number of esters is 1. The molecule has 0 radical (unpaired) electrons. The fraction of sp³-hybridized carbons (Fsp3) is 0.462. The van der Waals surface area contributed by atoms with Crippen LogP contribution in [0, 0.1) is 5.92 Å². The van der Waals surface area contributed by atoms with Crippen LogP contribution in [0.4, 0.5) is 0 Å². The summed E-state index contributed by atoms with van der Waals surface area (Å²) in [5, 5.41) is 0. The van der Waals surface area contributed by atoms with Crippen LogP contribution in [0.15, 0.2) is 24.3 Å². The fourth-order valence-corrected chi connectivity index (χ4v) is 1.59. The molecule has 88 valence electrons. The number of hydrogen-bond acceptors (Lipinski definition) is 3. The van der Waals surface area contributed by atoms with Gasteiger partial charge in [0.2, 0.25) is 0 Å². The summed E-state index contributed by atoms with van der Waals surface area (Å²) in [7, 11) is 0. The molecule has 0 saturated carbocycles. The highest BCUT2D eigenvalue weighted by molar-refractivity contribution is 5.69. The van der Waals surface area contributed by atoms with Gasteiger partial charge >= 0.3 is 5.97 Å². The minimum atomic E-state index is -0.306. The van der Waals surface area contributed by atoms with E-state index in [1.165, 1.54) is 6.92 Å². The second-order valence-electron chi connectivity index (χ2n) is 4.40. The lowest BCUT2D eigenvalue weighted by atomic mass is 9.98. The topological polar surface area (TPSA) is 52.3 Å². The lowest BCUT2D eigenvalue weighted by Crippen LogP contribution is -2.12. The molecule has 3 heteroatoms. The molecule has 16 heavy (non-hydrogen) atoms. The summed E-state index contributed by atoms with van der Waals surface area (Å²) in [6.45, 7) is 5.68. The maximum atomic E-state index is 10.7. The first-order chi connectivity index (χ1) is 7.49. The summed E-state index contributed by atoms with van der Waals surface area (Å²) < 4.78 is 4.95. The molecule has 0 aromatic heterocycles. The van der Waals surface area contributed by atoms with E-state index < -0.39 is 0 Å². The Labute approximate surface area is 96.6 Å². The van der Waals surface area contributed by atoms with Crippen LogP contribution in [0.1, 0.15) is 38.8 Å². The fourth-order valence-electron chi connectivity index (χ4n) is 1.59. The highest BCUT2D eigenvalue weighted by atomic mass is 16.5. The van der Waals surface area contributed by atoms with Crippen molar-refractivity contribution < 1.29 is 9.53 Å². The Hall–Kier alpha value is -1.35. The molecule has 2 N–H and O–H groups in total. The number of benzene rings is 1. The first kappa shape index (κ1) is 12.7. The molecule has 1 atom stereocenters. The molecule has 0 aliphatic heterocycles. The molecular formula is C13H19NO2. The summed E-state index contributed by atoms with van der Waals surface area (Å²) in [5.41, 5.74) is 7.11. The van der Waals surface area contributed by atoms with Gasteiger partial charge in [0.05, 0.1) is 0 Å². The zero-order chi connectivity index (χ0) is 12.1. The second kappa shape index (κ2) is 5.66. The summed E-state index contributed by atoms with van der Waals surface area (Å²) >= 11 is 0. The molecule has 0 unspecified atom stereocenters. The van der Waals surface area contributed by atoms with Crippen molar-refractivity contribution >= 4 is 5.97 Å². The largest absolute Gasteiger partial charge is 0.427 e. The lowest BCUT2D eigenvalue weighted by molar-refractivity contribution is -0.131. The maximum absolute atomic E-state index is 10.7. The average molecular weight is 221 g/mol. The molecule has 1 aromatic carbocycles. The summed E-state index contributed by atoms with van der Waals surface area (Å²) in [6, 6.07) is 7.41. The van der Waals surface area contributed by atoms with Gasteiger partial charge in [0, 0.05) is 13.0 Å². The Morgan fingerprint density at radius 1 is 1.31 bits per heavy atom. The summed E-state index contributed by atoms with van der Waals surface area (Å²) in [6.07, 6.45) is 0.951. The molecule has 0 aliphatic carbocycles. The van der Waals surface area contributed by atoms with Crippen molar-refractivity contribution in [1.82, 2.24) is 0 Å². The molecule has 0 saturated heterocycles. The monoisotopic (exact) mass is 221 g/mol. The van der Waals surface area contributed by atoms with E-state index in [-0.39, 0.29) is 12.0 Å². The third-order valence-electron chi connectivity index (χ3n) is 2.30. The van der Waals surface area contributed by atoms with Crippen LogP contribution in [-0.4, -0.2) is 5.97 Å². The van der Waals surface area contributed by atoms with E-state index in [1.54, 1.807) is 12.1 Å². The Balaban J connectivity index is 2.66. The van der Waals surface area contributed by atoms with E-state index in [0.717, 1.165) is 12.0 Å². The van der Waals surface area contributed by atoms with Gasteiger partial charge in [0.15, 0.2) is 0 Å². The van der Waals surface area contributed by atoms with Crippen molar-refractivity contribution in [2.45, 2.75) is 33.2 Å². The van der Waals surface area contributed by atoms with Crippen LogP contribution in [-0.2, 0) is 4.79 Å². The first-order valence-corrected chi connectivity index (χ1v) is 5.53. The molecule has 3 nitrogen and oxygen atoms in total. The van der Waals surface area contributed by atoms with Crippen molar-refractivity contribution in [2.75, 3.05) is 0 Å². The molecular weight excluding hydrogens is 202 g/mol. The van der Waals surface area contributed by atoms with Gasteiger partial charge in [-0.15, -0.1) is 0 Å². The third kappa shape index (κ3) is 4.03. The van der Waals surface area contributed by atoms with E-state index in [0.29, 0.717) is 11.7 Å². The highest BCUT2D eigenvalue weighted by Crippen LogP contribution is 2.21. The molecule has 1 rings (SSSR count). The molecule has 0 spiro atoms. The van der Waals surface area contributed by atoms with Gasteiger partial charge < -0.3 is 10.5 Å². The van der Waals surface area contributed by atoms with Crippen molar-refractivity contribution in [2.24, 2.45) is 11.7 Å². The number of hydrogen-bond donors (Lipinski definition) is 1. The molecule has 0 amide bonds. The van der Waals surface area contributed by atoms with Gasteiger partial charge in [0.1, 0.15) is 5.75 Å². The van der Waals surface area contributed by atoms with E-state index in [4.69, 9.17) is 10.5 Å². The molecule has 0 bridgehead atoms. The molecule has 1 aromatic rings. The minimum Gasteiger partial charge on any atom is -0.427 e. The van der Waals surface area contributed by atoms with Crippen molar-refractivity contribution in [3.63, 3.8) is 0 Å². The smallest absolute Gasteiger partial charge is 0.308 e. The van der Waals surface area contributed by atoms with Gasteiger partial charge in [0.25, 0.3) is 0 Å². The Bertz CT molecular complexity index is 343. The number of ether oxygens (including phenoxy) is 1. The van der Waals surface area contributed by atoms with Crippen LogP contribution < -0.4 is 10.5 Å². The predicted molar refractivity (Wildman–Crippen MR) is 64.1 cm³/mol. The Morgan fingerprint density at radius 2 is 1.88 bits per heavy atom. The van der Waals surface area contributed by atoms with E-state index in [9.17, 15) is 4.79 Å². The zero-order valence-electron chi connectivity index (χ0n) is 10.1. The van der Waals surface area contributed by atoms with E-state index in [1.807, 2.05) is 12.1 Å². The zero-order valence-corrected chi connectivity index (χ0v) is 10.1. The van der Waals surface area contributed by atoms with Gasteiger partial charge in [-0.1, -0.05) is 26.0 Å². The third-order valence-corrected chi connectivity index (χ3v) is 2.30. The number of carbonyl (C=O) groups excluding carboxylic acids is 1. The Kier molecular flexibility index (Phi) is 4.50. The van der Waals surface area contributed by atoms with Crippen LogP contribution in [0.2, 0.25) is 0 Å². The molecule has 0 aliphatic rings. The Morgan fingerprint density at radius 3 is 2.31 bits per heavy atom. The van der Waals surface area contributed by atoms with Crippen LogP contribution in [0.3, 0.4) is 0 Å². The van der Waals surface area contributed by atoms with Gasteiger partial charge in [-0.05, 0) is 30.0 Å². The van der Waals surface area contributed by atoms with Crippen LogP contribution in [0.25, 0.3) is 0 Å². The average Bonchev–Trinajstić information content (AvgIpc) is 2.16. The number of carbonyl (C=O) groups is 1. The normalized spacial score (nSPS) is 12.6. The van der Waals surface area contributed by atoms with Crippen molar-refractivity contribution in [1.29, 1.82) is 0 Å². The predicted octanol–water partition coefficient (Wildman–Crippen LogP) is 2.66. The van der Waals surface area contributed by atoms with Crippen LogP contribution in [0.5, 0.6) is 5.75 Å². The van der Waals surface area contributed by atoms with Gasteiger partial charge in [-0.2, -0.15) is 0 Å². The van der Waals surface area contributed by atoms with Crippen molar-refractivity contribution in [3.8, 4) is 5.75 Å².